The van der Waals surface area contributed by atoms with Crippen molar-refractivity contribution in [1.82, 2.24) is 14.9 Å². The van der Waals surface area contributed by atoms with E-state index < -0.39 is 4.92 Å². The van der Waals surface area contributed by atoms with Gasteiger partial charge in [0, 0.05) is 61.6 Å². The fourth-order valence-electron chi connectivity index (χ4n) is 4.52. The molecular weight excluding hydrogens is 442 g/mol. The average Bonchev–Trinajstić information content (AvgIpc) is 3.12. The molecule has 0 spiro atoms. The van der Waals surface area contributed by atoms with Crippen LogP contribution >= 0.6 is 0 Å². The number of amides is 1. The van der Waals surface area contributed by atoms with Gasteiger partial charge >= 0.3 is 0 Å². The lowest BCUT2D eigenvalue weighted by atomic mass is 10.0. The standard InChI is InChI=1S/C27H31N5O3/c1-4-25-24(18-21-8-6-19(2)7-9-21)26(29-20(3)28-25)30-14-5-15-31(17-16-30)27(33)22-10-12-23(13-11-22)32(34)35/h6-13H,4-5,14-18H2,1-3H3. The number of non-ortho nitro benzene ring substituents is 1. The maximum absolute atomic E-state index is 13.1. The number of carbonyl (C=O) groups excluding carboxylic acids is 1. The lowest BCUT2D eigenvalue weighted by Gasteiger charge is -2.26. The molecular formula is C27H31N5O3. The molecule has 0 atom stereocenters. The van der Waals surface area contributed by atoms with Crippen LogP contribution in [0.4, 0.5) is 11.5 Å². The van der Waals surface area contributed by atoms with Crippen LogP contribution in [0.5, 0.6) is 0 Å². The van der Waals surface area contributed by atoms with Crippen molar-refractivity contribution in [1.29, 1.82) is 0 Å². The van der Waals surface area contributed by atoms with Gasteiger partial charge in [0.2, 0.25) is 0 Å². The number of nitro benzene ring substituents is 1. The minimum atomic E-state index is -0.458. The predicted octanol–water partition coefficient (Wildman–Crippen LogP) is 4.51. The van der Waals surface area contributed by atoms with Crippen molar-refractivity contribution in [3.63, 3.8) is 0 Å². The zero-order chi connectivity index (χ0) is 24.9. The van der Waals surface area contributed by atoms with Gasteiger partial charge in [-0.3, -0.25) is 14.9 Å². The Hall–Kier alpha value is -3.81. The Morgan fingerprint density at radius 1 is 0.971 bits per heavy atom. The molecule has 1 aliphatic rings. The molecule has 2 aromatic carbocycles. The highest BCUT2D eigenvalue weighted by Gasteiger charge is 2.24. The number of rotatable bonds is 6. The molecule has 182 valence electrons. The van der Waals surface area contributed by atoms with Crippen molar-refractivity contribution in [2.24, 2.45) is 0 Å². The van der Waals surface area contributed by atoms with Crippen LogP contribution in [0.2, 0.25) is 0 Å². The van der Waals surface area contributed by atoms with Crippen LogP contribution < -0.4 is 4.90 Å². The Balaban J connectivity index is 1.55. The molecule has 8 heteroatoms. The van der Waals surface area contributed by atoms with Gasteiger partial charge < -0.3 is 9.80 Å². The molecule has 35 heavy (non-hydrogen) atoms. The molecule has 8 nitrogen and oxygen atoms in total. The molecule has 4 rings (SSSR count). The summed E-state index contributed by atoms with van der Waals surface area (Å²) < 4.78 is 0. The monoisotopic (exact) mass is 473 g/mol. The molecule has 3 aromatic rings. The number of anilines is 1. The predicted molar refractivity (Wildman–Crippen MR) is 136 cm³/mol. The van der Waals surface area contributed by atoms with Gasteiger partial charge in [-0.25, -0.2) is 9.97 Å². The SMILES string of the molecule is CCc1nc(C)nc(N2CCCN(C(=O)c3ccc([N+](=O)[O-])cc3)CC2)c1Cc1ccc(C)cc1. The Labute approximate surface area is 205 Å². The van der Waals surface area contributed by atoms with Crippen LogP contribution in [0.1, 0.15) is 51.9 Å². The van der Waals surface area contributed by atoms with E-state index in [0.717, 1.165) is 48.7 Å². The number of hydrogen-bond acceptors (Lipinski definition) is 6. The molecule has 1 fully saturated rings. The van der Waals surface area contributed by atoms with Gasteiger partial charge in [-0.15, -0.1) is 0 Å². The summed E-state index contributed by atoms with van der Waals surface area (Å²) in [5, 5.41) is 10.9. The maximum atomic E-state index is 13.1. The zero-order valence-corrected chi connectivity index (χ0v) is 20.5. The summed E-state index contributed by atoms with van der Waals surface area (Å²) in [4.78, 5) is 37.2. The number of carbonyl (C=O) groups is 1. The van der Waals surface area contributed by atoms with Gasteiger partial charge in [0.25, 0.3) is 11.6 Å². The molecule has 0 N–H and O–H groups in total. The molecule has 0 saturated carbocycles. The van der Waals surface area contributed by atoms with E-state index in [4.69, 9.17) is 9.97 Å². The Bertz CT molecular complexity index is 1210. The number of aromatic nitrogens is 2. The van der Waals surface area contributed by atoms with E-state index in [1.54, 1.807) is 0 Å². The molecule has 1 aliphatic heterocycles. The summed E-state index contributed by atoms with van der Waals surface area (Å²) in [6.45, 7) is 8.79. The molecule has 2 heterocycles. The second-order valence-electron chi connectivity index (χ2n) is 8.97. The number of hydrogen-bond donors (Lipinski definition) is 0. The van der Waals surface area contributed by atoms with Crippen LogP contribution in [-0.4, -0.2) is 51.9 Å². The normalized spacial score (nSPS) is 14.0. The fourth-order valence-corrected chi connectivity index (χ4v) is 4.52. The lowest BCUT2D eigenvalue weighted by molar-refractivity contribution is -0.384. The second-order valence-corrected chi connectivity index (χ2v) is 8.97. The average molecular weight is 474 g/mol. The van der Waals surface area contributed by atoms with Crippen LogP contribution in [0, 0.1) is 24.0 Å². The molecule has 0 aliphatic carbocycles. The number of nitro groups is 1. The molecule has 0 bridgehead atoms. The van der Waals surface area contributed by atoms with Crippen molar-refractivity contribution >= 4 is 17.4 Å². The van der Waals surface area contributed by atoms with Crippen LogP contribution in [0.15, 0.2) is 48.5 Å². The minimum absolute atomic E-state index is 0.0180. The molecule has 0 radical (unpaired) electrons. The first-order valence-corrected chi connectivity index (χ1v) is 12.1. The van der Waals surface area contributed by atoms with E-state index in [-0.39, 0.29) is 11.6 Å². The van der Waals surface area contributed by atoms with Crippen molar-refractivity contribution in [3.8, 4) is 0 Å². The Kier molecular flexibility index (Phi) is 7.39. The van der Waals surface area contributed by atoms with E-state index in [9.17, 15) is 14.9 Å². The highest BCUT2D eigenvalue weighted by atomic mass is 16.6. The van der Waals surface area contributed by atoms with E-state index in [0.29, 0.717) is 25.2 Å². The Morgan fingerprint density at radius 3 is 2.34 bits per heavy atom. The summed E-state index contributed by atoms with van der Waals surface area (Å²) in [7, 11) is 0. The van der Waals surface area contributed by atoms with Crippen molar-refractivity contribution in [2.45, 2.75) is 40.0 Å². The summed E-state index contributed by atoms with van der Waals surface area (Å²) in [6.07, 6.45) is 2.41. The first-order chi connectivity index (χ1) is 16.9. The third-order valence-electron chi connectivity index (χ3n) is 6.43. The van der Waals surface area contributed by atoms with E-state index in [1.165, 1.54) is 35.4 Å². The number of aryl methyl sites for hydroxylation is 3. The van der Waals surface area contributed by atoms with Crippen LogP contribution in [0.25, 0.3) is 0 Å². The largest absolute Gasteiger partial charge is 0.354 e. The fraction of sp³-hybridized carbons (Fsp3) is 0.370. The van der Waals surface area contributed by atoms with Crippen molar-refractivity contribution < 1.29 is 9.72 Å². The first kappa shape index (κ1) is 24.3. The molecule has 0 unspecified atom stereocenters. The Morgan fingerprint density at radius 2 is 1.69 bits per heavy atom. The minimum Gasteiger partial charge on any atom is -0.354 e. The summed E-state index contributed by atoms with van der Waals surface area (Å²) in [5.41, 5.74) is 5.12. The molecule has 1 saturated heterocycles. The highest BCUT2D eigenvalue weighted by molar-refractivity contribution is 5.94. The maximum Gasteiger partial charge on any atom is 0.269 e. The summed E-state index contributed by atoms with van der Waals surface area (Å²) >= 11 is 0. The lowest BCUT2D eigenvalue weighted by Crippen LogP contribution is -2.35. The quantitative estimate of drug-likeness (QED) is 0.386. The molecule has 1 amide bonds. The topological polar surface area (TPSA) is 92.5 Å². The van der Waals surface area contributed by atoms with Gasteiger partial charge in [0.05, 0.1) is 4.92 Å². The number of nitrogens with zero attached hydrogens (tertiary/aromatic N) is 5. The summed E-state index contributed by atoms with van der Waals surface area (Å²) in [6, 6.07) is 14.4. The highest BCUT2D eigenvalue weighted by Crippen LogP contribution is 2.26. The van der Waals surface area contributed by atoms with Gasteiger partial charge in [-0.1, -0.05) is 36.8 Å². The molecule has 1 aromatic heterocycles. The number of benzene rings is 2. The van der Waals surface area contributed by atoms with Gasteiger partial charge in [0.15, 0.2) is 0 Å². The second kappa shape index (κ2) is 10.6. The van der Waals surface area contributed by atoms with Crippen molar-refractivity contribution in [3.05, 3.63) is 92.4 Å². The van der Waals surface area contributed by atoms with Gasteiger partial charge in [-0.05, 0) is 44.4 Å². The van der Waals surface area contributed by atoms with Crippen LogP contribution in [0.3, 0.4) is 0 Å². The van der Waals surface area contributed by atoms with E-state index >= 15 is 0 Å². The van der Waals surface area contributed by atoms with E-state index in [2.05, 4.69) is 43.0 Å². The summed E-state index contributed by atoms with van der Waals surface area (Å²) in [5.74, 6) is 1.61. The smallest absolute Gasteiger partial charge is 0.269 e. The third kappa shape index (κ3) is 5.65. The van der Waals surface area contributed by atoms with Crippen LogP contribution in [-0.2, 0) is 12.8 Å². The third-order valence-corrected chi connectivity index (χ3v) is 6.43. The van der Waals surface area contributed by atoms with Gasteiger partial charge in [-0.2, -0.15) is 0 Å². The van der Waals surface area contributed by atoms with E-state index in [1.807, 2.05) is 11.8 Å². The zero-order valence-electron chi connectivity index (χ0n) is 20.5. The van der Waals surface area contributed by atoms with Crippen molar-refractivity contribution in [2.75, 3.05) is 31.1 Å². The first-order valence-electron chi connectivity index (χ1n) is 12.1. The van der Waals surface area contributed by atoms with Gasteiger partial charge in [0.1, 0.15) is 11.6 Å².